The van der Waals surface area contributed by atoms with Gasteiger partial charge in [0.25, 0.3) is 0 Å². The summed E-state index contributed by atoms with van der Waals surface area (Å²) in [5.74, 6) is 1.54. The molecule has 20 heavy (non-hydrogen) atoms. The summed E-state index contributed by atoms with van der Waals surface area (Å²) in [6.45, 7) is 2.99. The summed E-state index contributed by atoms with van der Waals surface area (Å²) in [5.41, 5.74) is 2.21. The molecule has 2 aromatic rings. The van der Waals surface area contributed by atoms with E-state index in [0.29, 0.717) is 11.3 Å². The molecule has 0 spiro atoms. The molecule has 0 saturated carbocycles. The van der Waals surface area contributed by atoms with Gasteiger partial charge in [-0.15, -0.1) is 0 Å². The van der Waals surface area contributed by atoms with E-state index in [1.54, 1.807) is 25.3 Å². The van der Waals surface area contributed by atoms with Gasteiger partial charge in [-0.25, -0.2) is 4.98 Å². The fraction of sp³-hybridized carbons (Fsp3) is 0.250. The van der Waals surface area contributed by atoms with Crippen LogP contribution in [0.25, 0.3) is 11.3 Å². The third-order valence-electron chi connectivity index (χ3n) is 2.91. The molecule has 4 nitrogen and oxygen atoms in total. The number of nitriles is 1. The number of rotatable bonds is 5. The Morgan fingerprint density at radius 1 is 1.30 bits per heavy atom. The number of methoxy groups -OCH3 is 1. The second kappa shape index (κ2) is 6.58. The molecule has 0 saturated heterocycles. The summed E-state index contributed by atoms with van der Waals surface area (Å²) in [4.78, 5) is 4.56. The minimum absolute atomic E-state index is 0.592. The van der Waals surface area contributed by atoms with E-state index in [-0.39, 0.29) is 0 Å². The lowest BCUT2D eigenvalue weighted by Gasteiger charge is -2.10. The van der Waals surface area contributed by atoms with Crippen molar-refractivity contribution in [3.8, 4) is 23.1 Å². The van der Waals surface area contributed by atoms with Gasteiger partial charge in [0, 0.05) is 12.1 Å². The minimum Gasteiger partial charge on any atom is -0.496 e. The monoisotopic (exact) mass is 267 g/mol. The Bertz CT molecular complexity index is 632. The number of nitrogens with one attached hydrogen (secondary N) is 1. The van der Waals surface area contributed by atoms with E-state index in [0.717, 1.165) is 30.0 Å². The van der Waals surface area contributed by atoms with Crippen molar-refractivity contribution >= 4 is 5.82 Å². The number of nitrogens with zero attached hydrogens (tertiary/aromatic N) is 2. The van der Waals surface area contributed by atoms with Crippen LogP contribution in [-0.4, -0.2) is 18.6 Å². The van der Waals surface area contributed by atoms with Crippen molar-refractivity contribution < 1.29 is 4.74 Å². The van der Waals surface area contributed by atoms with Crippen LogP contribution in [0.3, 0.4) is 0 Å². The van der Waals surface area contributed by atoms with Crippen molar-refractivity contribution in [3.63, 3.8) is 0 Å². The van der Waals surface area contributed by atoms with Crippen LogP contribution in [0.1, 0.15) is 18.9 Å². The lowest BCUT2D eigenvalue weighted by molar-refractivity contribution is 0.416. The fourth-order valence-corrected chi connectivity index (χ4v) is 1.91. The van der Waals surface area contributed by atoms with Gasteiger partial charge in [0.15, 0.2) is 0 Å². The molecule has 102 valence electrons. The van der Waals surface area contributed by atoms with Crippen molar-refractivity contribution in [2.75, 3.05) is 19.0 Å². The van der Waals surface area contributed by atoms with Crippen LogP contribution in [0.15, 0.2) is 36.4 Å². The highest BCUT2D eigenvalue weighted by atomic mass is 16.5. The number of hydrogen-bond donors (Lipinski definition) is 1. The lowest BCUT2D eigenvalue weighted by atomic mass is 10.1. The van der Waals surface area contributed by atoms with Gasteiger partial charge in [0.2, 0.25) is 0 Å². The average Bonchev–Trinajstić information content (AvgIpc) is 2.52. The Kier molecular flexibility index (Phi) is 4.56. The molecule has 0 aliphatic carbocycles. The van der Waals surface area contributed by atoms with Gasteiger partial charge in [-0.1, -0.05) is 13.0 Å². The van der Waals surface area contributed by atoms with Crippen molar-refractivity contribution in [3.05, 3.63) is 42.0 Å². The summed E-state index contributed by atoms with van der Waals surface area (Å²) in [7, 11) is 1.62. The molecule has 0 aliphatic rings. The van der Waals surface area contributed by atoms with Crippen LogP contribution in [0.2, 0.25) is 0 Å². The van der Waals surface area contributed by atoms with Gasteiger partial charge < -0.3 is 10.1 Å². The predicted molar refractivity (Wildman–Crippen MR) is 79.7 cm³/mol. The molecular weight excluding hydrogens is 250 g/mol. The molecule has 0 aliphatic heterocycles. The highest BCUT2D eigenvalue weighted by molar-refractivity contribution is 5.70. The van der Waals surface area contributed by atoms with E-state index < -0.39 is 0 Å². The second-order valence-corrected chi connectivity index (χ2v) is 4.36. The molecule has 4 heteroatoms. The van der Waals surface area contributed by atoms with Gasteiger partial charge >= 0.3 is 0 Å². The Hall–Kier alpha value is -2.54. The number of anilines is 1. The van der Waals surface area contributed by atoms with Crippen molar-refractivity contribution in [1.29, 1.82) is 5.26 Å². The molecule has 0 fully saturated rings. The molecule has 1 N–H and O–H groups in total. The van der Waals surface area contributed by atoms with Crippen LogP contribution >= 0.6 is 0 Å². The van der Waals surface area contributed by atoms with E-state index in [1.165, 1.54) is 0 Å². The number of hydrogen-bond acceptors (Lipinski definition) is 4. The predicted octanol–water partition coefficient (Wildman–Crippen LogP) is 3.45. The molecule has 0 unspecified atom stereocenters. The first-order valence-electron chi connectivity index (χ1n) is 6.58. The van der Waals surface area contributed by atoms with Gasteiger partial charge in [-0.3, -0.25) is 0 Å². The maximum Gasteiger partial charge on any atom is 0.128 e. The van der Waals surface area contributed by atoms with Gasteiger partial charge in [0.05, 0.1) is 24.4 Å². The normalized spacial score (nSPS) is 9.85. The Morgan fingerprint density at radius 3 is 2.85 bits per heavy atom. The largest absolute Gasteiger partial charge is 0.496 e. The highest BCUT2D eigenvalue weighted by Crippen LogP contribution is 2.30. The minimum atomic E-state index is 0.592. The van der Waals surface area contributed by atoms with Crippen LogP contribution in [-0.2, 0) is 0 Å². The van der Waals surface area contributed by atoms with Crippen LogP contribution in [0.5, 0.6) is 5.75 Å². The van der Waals surface area contributed by atoms with Gasteiger partial charge in [-0.05, 0) is 36.8 Å². The maximum atomic E-state index is 9.02. The molecular formula is C16H17N3O. The first kappa shape index (κ1) is 13.9. The first-order chi connectivity index (χ1) is 9.78. The van der Waals surface area contributed by atoms with E-state index in [2.05, 4.69) is 23.3 Å². The fourth-order valence-electron chi connectivity index (χ4n) is 1.91. The molecule has 2 rings (SSSR count). The van der Waals surface area contributed by atoms with Crippen molar-refractivity contribution in [2.24, 2.45) is 0 Å². The third kappa shape index (κ3) is 3.07. The van der Waals surface area contributed by atoms with E-state index in [1.807, 2.05) is 18.2 Å². The molecule has 0 atom stereocenters. The van der Waals surface area contributed by atoms with Crippen LogP contribution < -0.4 is 10.1 Å². The highest BCUT2D eigenvalue weighted by Gasteiger charge is 2.09. The molecule has 0 bridgehead atoms. The molecule has 0 amide bonds. The quantitative estimate of drug-likeness (QED) is 0.901. The van der Waals surface area contributed by atoms with Gasteiger partial charge in [-0.2, -0.15) is 5.26 Å². The smallest absolute Gasteiger partial charge is 0.128 e. The van der Waals surface area contributed by atoms with Gasteiger partial charge in [0.1, 0.15) is 11.6 Å². The number of pyridine rings is 1. The Labute approximate surface area is 119 Å². The number of aromatic nitrogens is 1. The topological polar surface area (TPSA) is 57.9 Å². The first-order valence-corrected chi connectivity index (χ1v) is 6.58. The van der Waals surface area contributed by atoms with Crippen LogP contribution in [0, 0.1) is 11.3 Å². The van der Waals surface area contributed by atoms with E-state index in [4.69, 9.17) is 10.00 Å². The zero-order valence-corrected chi connectivity index (χ0v) is 11.7. The zero-order chi connectivity index (χ0) is 14.4. The Balaban J connectivity index is 2.42. The SMILES string of the molecule is CCCNc1cccc(-c2cc(C#N)ccc2OC)n1. The summed E-state index contributed by atoms with van der Waals surface area (Å²) in [5, 5.41) is 12.3. The summed E-state index contributed by atoms with van der Waals surface area (Å²) >= 11 is 0. The molecule has 0 radical (unpaired) electrons. The second-order valence-electron chi connectivity index (χ2n) is 4.36. The molecule has 1 aromatic heterocycles. The summed E-state index contributed by atoms with van der Waals surface area (Å²) in [6, 6.07) is 13.3. The third-order valence-corrected chi connectivity index (χ3v) is 2.91. The number of benzene rings is 1. The summed E-state index contributed by atoms with van der Waals surface area (Å²) < 4.78 is 5.35. The van der Waals surface area contributed by atoms with Crippen molar-refractivity contribution in [1.82, 2.24) is 4.98 Å². The van der Waals surface area contributed by atoms with E-state index in [9.17, 15) is 0 Å². The average molecular weight is 267 g/mol. The number of ether oxygens (including phenoxy) is 1. The van der Waals surface area contributed by atoms with E-state index >= 15 is 0 Å². The van der Waals surface area contributed by atoms with Crippen LogP contribution in [0.4, 0.5) is 5.82 Å². The molecule has 1 heterocycles. The lowest BCUT2D eigenvalue weighted by Crippen LogP contribution is -2.02. The van der Waals surface area contributed by atoms with Crippen molar-refractivity contribution in [2.45, 2.75) is 13.3 Å². The Morgan fingerprint density at radius 2 is 2.15 bits per heavy atom. The summed E-state index contributed by atoms with van der Waals surface area (Å²) in [6.07, 6.45) is 1.04. The standard InChI is InChI=1S/C16H17N3O/c1-3-9-18-16-6-4-5-14(19-16)13-10-12(11-17)7-8-15(13)20-2/h4-8,10H,3,9H2,1-2H3,(H,18,19). The zero-order valence-electron chi connectivity index (χ0n) is 11.7. The molecule has 1 aromatic carbocycles. The maximum absolute atomic E-state index is 9.02.